The van der Waals surface area contributed by atoms with Crippen LogP contribution in [-0.2, 0) is 10.8 Å². The van der Waals surface area contributed by atoms with Gasteiger partial charge in [0.25, 0.3) is 0 Å². The lowest BCUT2D eigenvalue weighted by Gasteiger charge is -2.29. The first-order valence-electron chi connectivity index (χ1n) is 15.8. The van der Waals surface area contributed by atoms with Crippen molar-refractivity contribution in [2.75, 3.05) is 4.90 Å². The van der Waals surface area contributed by atoms with Gasteiger partial charge < -0.3 is 4.90 Å². The smallest absolute Gasteiger partial charge is 0.0465 e. The Hall–Kier alpha value is -4.66. The first-order chi connectivity index (χ1) is 21.7. The number of hydrogen-bond acceptors (Lipinski definition) is 2. The molecule has 0 bridgehead atoms. The Morgan fingerprint density at radius 2 is 1.00 bits per heavy atom. The van der Waals surface area contributed by atoms with Crippen LogP contribution in [0.1, 0.15) is 66.0 Å². The molecule has 0 radical (unpaired) electrons. The number of thiophene rings is 1. The molecule has 45 heavy (non-hydrogen) atoms. The van der Waals surface area contributed by atoms with Crippen LogP contribution in [0.3, 0.4) is 0 Å². The fraction of sp³-hybridized carbons (Fsp3) is 0.163. The van der Waals surface area contributed by atoms with Gasteiger partial charge in [-0.25, -0.2) is 0 Å². The Balaban J connectivity index is 1.26. The Bertz CT molecular complexity index is 2020. The molecule has 220 valence electrons. The molecular formula is C43H37NS. The molecule has 0 atom stereocenters. The highest BCUT2D eigenvalue weighted by Gasteiger charge is 2.37. The van der Waals surface area contributed by atoms with Gasteiger partial charge in [0, 0.05) is 32.8 Å². The van der Waals surface area contributed by atoms with E-state index in [0.717, 1.165) is 5.69 Å². The molecule has 1 aromatic heterocycles. The molecule has 2 heteroatoms. The lowest BCUT2D eigenvalue weighted by molar-refractivity contribution is 0.660. The fourth-order valence-corrected chi connectivity index (χ4v) is 8.39. The minimum atomic E-state index is -0.0657. The van der Waals surface area contributed by atoms with E-state index in [-0.39, 0.29) is 10.8 Å². The van der Waals surface area contributed by atoms with Gasteiger partial charge >= 0.3 is 0 Å². The molecule has 0 spiro atoms. The summed E-state index contributed by atoms with van der Waals surface area (Å²) in [6.45, 7) is 11.6. The maximum Gasteiger partial charge on any atom is 0.0465 e. The molecule has 2 aliphatic carbocycles. The number of rotatable bonds is 5. The van der Waals surface area contributed by atoms with Crippen molar-refractivity contribution in [1.82, 2.24) is 0 Å². The van der Waals surface area contributed by atoms with Crippen molar-refractivity contribution in [1.29, 1.82) is 0 Å². The van der Waals surface area contributed by atoms with Crippen LogP contribution in [0.15, 0.2) is 121 Å². The number of hydrogen-bond donors (Lipinski definition) is 0. The normalized spacial score (nSPS) is 15.0. The summed E-state index contributed by atoms with van der Waals surface area (Å²) >= 11 is 1.79. The average Bonchev–Trinajstić information content (AvgIpc) is 3.65. The van der Waals surface area contributed by atoms with E-state index in [4.69, 9.17) is 0 Å². The summed E-state index contributed by atoms with van der Waals surface area (Å²) in [6.07, 6.45) is 4.45. The molecule has 0 aliphatic heterocycles. The van der Waals surface area contributed by atoms with Crippen molar-refractivity contribution in [3.8, 4) is 22.3 Å². The van der Waals surface area contributed by atoms with Crippen molar-refractivity contribution >= 4 is 40.6 Å². The van der Waals surface area contributed by atoms with E-state index in [1.54, 1.807) is 11.3 Å². The Morgan fingerprint density at radius 3 is 1.51 bits per heavy atom. The van der Waals surface area contributed by atoms with E-state index in [2.05, 4.69) is 172 Å². The second-order valence-electron chi connectivity index (χ2n) is 13.5. The first-order valence-corrected chi connectivity index (χ1v) is 16.7. The molecule has 1 heterocycles. The highest BCUT2D eigenvalue weighted by Crippen LogP contribution is 2.53. The summed E-state index contributed by atoms with van der Waals surface area (Å²) < 4.78 is 0. The Morgan fingerprint density at radius 1 is 0.511 bits per heavy atom. The monoisotopic (exact) mass is 599 g/mol. The number of aryl methyl sites for hydroxylation is 1. The van der Waals surface area contributed by atoms with Crippen LogP contribution in [0.5, 0.6) is 0 Å². The van der Waals surface area contributed by atoms with Gasteiger partial charge in [0.05, 0.1) is 0 Å². The molecule has 0 N–H and O–H groups in total. The zero-order chi connectivity index (χ0) is 30.9. The first kappa shape index (κ1) is 27.9. The lowest BCUT2D eigenvalue weighted by atomic mass is 9.82. The van der Waals surface area contributed by atoms with Crippen molar-refractivity contribution in [2.24, 2.45) is 0 Å². The SMILES string of the molecule is Cc1ccsc1/C=C/c1ccc(N(c2ccc3c(c2)C(C)(C)c2ccccc2-3)c2ccc3c(c2)C(C)(C)c2ccccc2-3)cc1. The summed E-state index contributed by atoms with van der Waals surface area (Å²) in [5.41, 5.74) is 16.9. The highest BCUT2D eigenvalue weighted by atomic mass is 32.1. The molecular weight excluding hydrogens is 563 g/mol. The van der Waals surface area contributed by atoms with Crippen LogP contribution in [0.2, 0.25) is 0 Å². The number of nitrogens with zero attached hydrogens (tertiary/aromatic N) is 1. The minimum Gasteiger partial charge on any atom is -0.310 e. The standard InChI is InChI=1S/C43H37NS/c1-28-24-25-45-41(28)23-16-29-14-17-30(18-15-29)44(31-19-21-35-33-10-6-8-12-37(33)42(2,3)39(35)26-31)32-20-22-36-34-11-7-9-13-38(34)43(4,5)40(36)27-32/h6-27H,1-5H3/b23-16+. The van der Waals surface area contributed by atoms with E-state index >= 15 is 0 Å². The van der Waals surface area contributed by atoms with Crippen LogP contribution in [0.4, 0.5) is 17.1 Å². The number of fused-ring (bicyclic) bond motifs is 6. The molecule has 0 amide bonds. The summed E-state index contributed by atoms with van der Waals surface area (Å²) in [4.78, 5) is 3.75. The summed E-state index contributed by atoms with van der Waals surface area (Å²) in [5, 5.41) is 2.16. The molecule has 8 rings (SSSR count). The number of anilines is 3. The van der Waals surface area contributed by atoms with Gasteiger partial charge in [-0.05, 0) is 116 Å². The predicted molar refractivity (Wildman–Crippen MR) is 194 cm³/mol. The van der Waals surface area contributed by atoms with Gasteiger partial charge in [0.2, 0.25) is 0 Å². The molecule has 5 aromatic carbocycles. The van der Waals surface area contributed by atoms with Crippen LogP contribution >= 0.6 is 11.3 Å². The zero-order valence-corrected chi connectivity index (χ0v) is 27.4. The predicted octanol–water partition coefficient (Wildman–Crippen LogP) is 12.3. The van der Waals surface area contributed by atoms with E-state index in [9.17, 15) is 0 Å². The Kier molecular flexibility index (Phi) is 6.31. The van der Waals surface area contributed by atoms with Gasteiger partial charge in [-0.15, -0.1) is 11.3 Å². The van der Waals surface area contributed by atoms with Gasteiger partial charge in [-0.1, -0.05) is 107 Å². The quantitative estimate of drug-likeness (QED) is 0.190. The van der Waals surface area contributed by atoms with Crippen molar-refractivity contribution in [3.05, 3.63) is 159 Å². The van der Waals surface area contributed by atoms with Crippen molar-refractivity contribution in [3.63, 3.8) is 0 Å². The maximum atomic E-state index is 2.44. The van der Waals surface area contributed by atoms with Crippen LogP contribution in [0, 0.1) is 6.92 Å². The lowest BCUT2D eigenvalue weighted by Crippen LogP contribution is -2.18. The number of benzene rings is 5. The van der Waals surface area contributed by atoms with E-state index in [1.165, 1.54) is 71.9 Å². The van der Waals surface area contributed by atoms with Gasteiger partial charge in [-0.2, -0.15) is 0 Å². The molecule has 0 saturated carbocycles. The minimum absolute atomic E-state index is 0.0657. The van der Waals surface area contributed by atoms with Crippen LogP contribution in [-0.4, -0.2) is 0 Å². The summed E-state index contributed by atoms with van der Waals surface area (Å²) in [5.74, 6) is 0. The van der Waals surface area contributed by atoms with Gasteiger partial charge in [-0.3, -0.25) is 0 Å². The molecule has 2 aliphatic rings. The largest absolute Gasteiger partial charge is 0.310 e. The topological polar surface area (TPSA) is 3.24 Å². The van der Waals surface area contributed by atoms with E-state index < -0.39 is 0 Å². The third-order valence-corrected chi connectivity index (χ3v) is 11.1. The van der Waals surface area contributed by atoms with Crippen LogP contribution in [0.25, 0.3) is 34.4 Å². The van der Waals surface area contributed by atoms with Gasteiger partial charge in [0.1, 0.15) is 0 Å². The van der Waals surface area contributed by atoms with E-state index in [0.29, 0.717) is 0 Å². The third-order valence-electron chi connectivity index (χ3n) is 10.1. The summed E-state index contributed by atoms with van der Waals surface area (Å²) in [7, 11) is 0. The molecule has 0 saturated heterocycles. The molecule has 6 aromatic rings. The average molecular weight is 600 g/mol. The third kappa shape index (κ3) is 4.35. The van der Waals surface area contributed by atoms with E-state index in [1.807, 2.05) is 0 Å². The Labute approximate surface area is 271 Å². The van der Waals surface area contributed by atoms with Gasteiger partial charge in [0.15, 0.2) is 0 Å². The second-order valence-corrected chi connectivity index (χ2v) is 14.5. The highest BCUT2D eigenvalue weighted by molar-refractivity contribution is 7.11. The molecule has 0 fully saturated rings. The maximum absolute atomic E-state index is 2.44. The zero-order valence-electron chi connectivity index (χ0n) is 26.6. The molecule has 1 nitrogen and oxygen atoms in total. The summed E-state index contributed by atoms with van der Waals surface area (Å²) in [6, 6.07) is 43.1. The fourth-order valence-electron chi connectivity index (χ4n) is 7.57. The van der Waals surface area contributed by atoms with Crippen molar-refractivity contribution in [2.45, 2.75) is 45.4 Å². The van der Waals surface area contributed by atoms with Crippen LogP contribution < -0.4 is 4.90 Å². The second kappa shape index (κ2) is 10.2. The molecule has 0 unspecified atom stereocenters. The van der Waals surface area contributed by atoms with Crippen molar-refractivity contribution < 1.29 is 0 Å².